The molecule has 4 rings (SSSR count). The molecule has 0 atom stereocenters. The lowest BCUT2D eigenvalue weighted by Gasteiger charge is -2.20. The first-order valence-electron chi connectivity index (χ1n) is 9.20. The van der Waals surface area contributed by atoms with Crippen LogP contribution in [0, 0.1) is 5.92 Å². The lowest BCUT2D eigenvalue weighted by molar-refractivity contribution is 0.467. The zero-order valence-electron chi connectivity index (χ0n) is 16.0. The highest BCUT2D eigenvalue weighted by Crippen LogP contribution is 2.33. The molecule has 0 unspecified atom stereocenters. The average molecular weight is 453 g/mol. The lowest BCUT2D eigenvalue weighted by Crippen LogP contribution is -2.32. The van der Waals surface area contributed by atoms with E-state index in [-0.39, 0.29) is 33.4 Å². The Kier molecular flexibility index (Phi) is 4.85. The van der Waals surface area contributed by atoms with Crippen molar-refractivity contribution in [1.82, 2.24) is 4.57 Å². The number of aryl methyl sites for hydroxylation is 1. The number of nitrogens with one attached hydrogen (secondary N) is 2. The summed E-state index contributed by atoms with van der Waals surface area (Å²) < 4.78 is 55.5. The number of amidine groups is 1. The van der Waals surface area contributed by atoms with Gasteiger partial charge in [0.2, 0.25) is 10.0 Å². The van der Waals surface area contributed by atoms with Gasteiger partial charge in [0.15, 0.2) is 5.84 Å². The highest BCUT2D eigenvalue weighted by atomic mass is 32.2. The molecule has 2 aromatic rings. The molecule has 1 fully saturated rings. The van der Waals surface area contributed by atoms with Crippen molar-refractivity contribution in [3.63, 3.8) is 0 Å². The van der Waals surface area contributed by atoms with E-state index in [1.165, 1.54) is 29.0 Å². The van der Waals surface area contributed by atoms with E-state index in [2.05, 4.69) is 14.4 Å². The van der Waals surface area contributed by atoms with Gasteiger partial charge in [-0.2, -0.15) is 8.42 Å². The summed E-state index contributed by atoms with van der Waals surface area (Å²) in [5.74, 6) is -0.0705. The molecule has 0 bridgehead atoms. The quantitative estimate of drug-likeness (QED) is 0.598. The second-order valence-electron chi connectivity index (χ2n) is 7.43. The second kappa shape index (κ2) is 7.13. The standard InChI is InChI=1S/C18H20N4O6S2/c1-29(25,26)20-12-4-5-13-15(10-12)30(27,28)21-17(19-13)16-14(23)7-9-22(18(16)24)8-6-11-2-3-11/h4-5,7,9-11,20,23H,2-3,6,8H2,1H3,(H,19,21). The molecule has 0 saturated heterocycles. The second-order valence-corrected chi connectivity index (χ2v) is 10.8. The fraction of sp³-hybridized carbons (Fsp3) is 0.333. The monoisotopic (exact) mass is 452 g/mol. The van der Waals surface area contributed by atoms with Gasteiger partial charge in [0.05, 0.1) is 11.9 Å². The number of hydrogen-bond acceptors (Lipinski definition) is 7. The fourth-order valence-electron chi connectivity index (χ4n) is 3.24. The van der Waals surface area contributed by atoms with E-state index in [4.69, 9.17) is 0 Å². The average Bonchev–Trinajstić information content (AvgIpc) is 3.44. The molecule has 1 aliphatic heterocycles. The molecule has 0 radical (unpaired) electrons. The predicted molar refractivity (Wildman–Crippen MR) is 112 cm³/mol. The topological polar surface area (TPSA) is 147 Å². The molecule has 3 N–H and O–H groups in total. The van der Waals surface area contributed by atoms with Crippen LogP contribution in [0.4, 0.5) is 11.4 Å². The fourth-order valence-corrected chi connectivity index (χ4v) is 4.94. The van der Waals surface area contributed by atoms with E-state index in [1.807, 2.05) is 0 Å². The third kappa shape index (κ3) is 4.19. The summed E-state index contributed by atoms with van der Waals surface area (Å²) in [4.78, 5) is 12.6. The summed E-state index contributed by atoms with van der Waals surface area (Å²) in [6.07, 6.45) is 5.53. The minimum atomic E-state index is -4.25. The SMILES string of the molecule is CS(=O)(=O)Nc1ccc2c(c1)S(=O)(=O)N=C(c1c(O)ccn(CCC3CC3)c1=O)N2. The number of hydrogen-bond donors (Lipinski definition) is 3. The Morgan fingerprint density at radius 3 is 2.70 bits per heavy atom. The normalized spacial score (nSPS) is 17.6. The van der Waals surface area contributed by atoms with Crippen molar-refractivity contribution in [3.05, 3.63) is 46.4 Å². The van der Waals surface area contributed by atoms with E-state index >= 15 is 0 Å². The molecule has 2 aliphatic rings. The maximum atomic E-state index is 12.9. The molecule has 0 spiro atoms. The van der Waals surface area contributed by atoms with Gasteiger partial charge < -0.3 is 15.0 Å². The molecular weight excluding hydrogens is 432 g/mol. The van der Waals surface area contributed by atoms with E-state index in [0.29, 0.717) is 12.5 Å². The minimum Gasteiger partial charge on any atom is -0.507 e. The molecule has 160 valence electrons. The van der Waals surface area contributed by atoms with Gasteiger partial charge in [-0.25, -0.2) is 8.42 Å². The summed E-state index contributed by atoms with van der Waals surface area (Å²) in [5, 5.41) is 13.0. The van der Waals surface area contributed by atoms with Crippen LogP contribution < -0.4 is 15.6 Å². The van der Waals surface area contributed by atoms with Gasteiger partial charge in [-0.3, -0.25) is 9.52 Å². The number of rotatable bonds is 6. The lowest BCUT2D eigenvalue weighted by atomic mass is 10.2. The van der Waals surface area contributed by atoms with Gasteiger partial charge in [0, 0.05) is 18.4 Å². The number of benzene rings is 1. The van der Waals surface area contributed by atoms with Crippen molar-refractivity contribution >= 4 is 37.3 Å². The smallest absolute Gasteiger partial charge is 0.286 e. The van der Waals surface area contributed by atoms with Crippen molar-refractivity contribution in [1.29, 1.82) is 0 Å². The van der Waals surface area contributed by atoms with Crippen molar-refractivity contribution < 1.29 is 21.9 Å². The summed E-state index contributed by atoms with van der Waals surface area (Å²) in [6, 6.07) is 5.21. The van der Waals surface area contributed by atoms with Gasteiger partial charge in [-0.05, 0) is 36.6 Å². The number of pyridine rings is 1. The number of sulfonamides is 2. The third-order valence-corrected chi connectivity index (χ3v) is 6.81. The molecule has 0 amide bonds. The predicted octanol–water partition coefficient (Wildman–Crippen LogP) is 1.29. The van der Waals surface area contributed by atoms with Crippen molar-refractivity contribution in [2.75, 3.05) is 16.3 Å². The molecule has 1 aromatic heterocycles. The molecule has 2 heterocycles. The van der Waals surface area contributed by atoms with E-state index in [0.717, 1.165) is 31.6 Å². The minimum absolute atomic E-state index is 0.0604. The van der Waals surface area contributed by atoms with E-state index in [9.17, 15) is 26.7 Å². The Labute approximate surface area is 173 Å². The van der Waals surface area contributed by atoms with Crippen LogP contribution in [-0.4, -0.2) is 38.6 Å². The van der Waals surface area contributed by atoms with Crippen LogP contribution in [0.2, 0.25) is 0 Å². The zero-order chi connectivity index (χ0) is 21.7. The van der Waals surface area contributed by atoms with E-state index < -0.39 is 25.6 Å². The van der Waals surface area contributed by atoms with Crippen LogP contribution in [0.3, 0.4) is 0 Å². The first kappa shape index (κ1) is 20.4. The molecule has 1 aliphatic carbocycles. The number of anilines is 2. The molecule has 1 saturated carbocycles. The largest absolute Gasteiger partial charge is 0.507 e. The highest BCUT2D eigenvalue weighted by Gasteiger charge is 2.29. The maximum Gasteiger partial charge on any atom is 0.286 e. The Balaban J connectivity index is 1.73. The van der Waals surface area contributed by atoms with Crippen LogP contribution in [0.15, 0.2) is 44.6 Å². The third-order valence-electron chi connectivity index (χ3n) is 4.88. The molecule has 30 heavy (non-hydrogen) atoms. The van der Waals surface area contributed by atoms with Gasteiger partial charge >= 0.3 is 0 Å². The number of nitrogens with zero attached hydrogens (tertiary/aromatic N) is 2. The maximum absolute atomic E-state index is 12.9. The summed E-state index contributed by atoms with van der Waals surface area (Å²) in [7, 11) is -7.84. The Morgan fingerprint density at radius 2 is 2.03 bits per heavy atom. The van der Waals surface area contributed by atoms with E-state index in [1.54, 1.807) is 0 Å². The Bertz CT molecular complexity index is 1320. The van der Waals surface area contributed by atoms with Gasteiger partial charge in [-0.15, -0.1) is 4.40 Å². The van der Waals surface area contributed by atoms with Crippen LogP contribution in [0.1, 0.15) is 24.8 Å². The van der Waals surface area contributed by atoms with Gasteiger partial charge in [-0.1, -0.05) is 12.8 Å². The molecular formula is C18H20N4O6S2. The van der Waals surface area contributed by atoms with Crippen molar-refractivity contribution in [2.24, 2.45) is 10.3 Å². The van der Waals surface area contributed by atoms with Gasteiger partial charge in [0.25, 0.3) is 15.6 Å². The van der Waals surface area contributed by atoms with Crippen molar-refractivity contribution in [2.45, 2.75) is 30.7 Å². The molecule has 1 aromatic carbocycles. The number of fused-ring (bicyclic) bond motifs is 1. The highest BCUT2D eigenvalue weighted by molar-refractivity contribution is 7.92. The van der Waals surface area contributed by atoms with Crippen LogP contribution in [-0.2, 0) is 26.6 Å². The number of aromatic hydroxyl groups is 1. The molecule has 12 heteroatoms. The van der Waals surface area contributed by atoms with Gasteiger partial charge in [0.1, 0.15) is 16.2 Å². The van der Waals surface area contributed by atoms with Crippen LogP contribution in [0.25, 0.3) is 0 Å². The first-order chi connectivity index (χ1) is 14.0. The number of aromatic nitrogens is 1. The summed E-state index contributed by atoms with van der Waals surface area (Å²) in [5.41, 5.74) is -0.603. The molecule has 10 nitrogen and oxygen atoms in total. The van der Waals surface area contributed by atoms with Crippen molar-refractivity contribution in [3.8, 4) is 5.75 Å². The summed E-state index contributed by atoms with van der Waals surface area (Å²) >= 11 is 0. The van der Waals surface area contributed by atoms with Crippen LogP contribution >= 0.6 is 0 Å². The summed E-state index contributed by atoms with van der Waals surface area (Å²) in [6.45, 7) is 0.466. The van der Waals surface area contributed by atoms with Crippen LogP contribution in [0.5, 0.6) is 5.75 Å². The first-order valence-corrected chi connectivity index (χ1v) is 12.5. The Hall–Kier alpha value is -2.86. The zero-order valence-corrected chi connectivity index (χ0v) is 17.6. The Morgan fingerprint density at radius 1 is 1.30 bits per heavy atom.